The third-order valence-corrected chi connectivity index (χ3v) is 5.39. The molecule has 0 radical (unpaired) electrons. The molecule has 3 saturated heterocycles. The Labute approximate surface area is 113 Å². The molecule has 4 heterocycles. The van der Waals surface area contributed by atoms with Crippen molar-refractivity contribution in [2.24, 2.45) is 5.92 Å². The number of fused-ring (bicyclic) bond motifs is 3. The summed E-state index contributed by atoms with van der Waals surface area (Å²) in [5.74, 6) is 0.770. The van der Waals surface area contributed by atoms with Gasteiger partial charge in [0, 0.05) is 12.6 Å². The van der Waals surface area contributed by atoms with E-state index in [1.54, 1.807) is 0 Å². The first-order chi connectivity index (χ1) is 8.22. The van der Waals surface area contributed by atoms with Crippen molar-refractivity contribution in [3.63, 3.8) is 0 Å². The average Bonchev–Trinajstić information content (AvgIpc) is 2.77. The van der Waals surface area contributed by atoms with Crippen LogP contribution in [0.2, 0.25) is 0 Å². The van der Waals surface area contributed by atoms with E-state index in [1.807, 2.05) is 12.1 Å². The lowest BCUT2D eigenvalue weighted by molar-refractivity contribution is 0.0622. The number of piperidine rings is 3. The zero-order valence-electron chi connectivity index (χ0n) is 9.49. The van der Waals surface area contributed by atoms with Gasteiger partial charge in [-0.2, -0.15) is 0 Å². The van der Waals surface area contributed by atoms with Crippen LogP contribution in [-0.4, -0.2) is 36.5 Å². The molecule has 1 N–H and O–H groups in total. The topological polar surface area (TPSA) is 32.3 Å². The van der Waals surface area contributed by atoms with E-state index in [9.17, 15) is 4.79 Å². The molecule has 17 heavy (non-hydrogen) atoms. The number of amides is 1. The Hall–Kier alpha value is -0.390. The molecule has 1 amide bonds. The fourth-order valence-electron chi connectivity index (χ4n) is 2.80. The van der Waals surface area contributed by atoms with Crippen LogP contribution >= 0.6 is 27.3 Å². The van der Waals surface area contributed by atoms with Gasteiger partial charge in [0.2, 0.25) is 0 Å². The van der Waals surface area contributed by atoms with Crippen molar-refractivity contribution in [2.75, 3.05) is 19.6 Å². The maximum Gasteiger partial charge on any atom is 0.261 e. The quantitative estimate of drug-likeness (QED) is 0.908. The average molecular weight is 316 g/mol. The van der Waals surface area contributed by atoms with Crippen LogP contribution in [0.25, 0.3) is 0 Å². The summed E-state index contributed by atoms with van der Waals surface area (Å²) in [6.07, 6.45) is 2.47. The smallest absolute Gasteiger partial charge is 0.261 e. The van der Waals surface area contributed by atoms with E-state index in [0.717, 1.165) is 15.2 Å². The van der Waals surface area contributed by atoms with Gasteiger partial charge in [-0.3, -0.25) is 4.79 Å². The molecule has 92 valence electrons. The largest absolute Gasteiger partial charge is 0.347 e. The molecule has 1 aromatic heterocycles. The van der Waals surface area contributed by atoms with Crippen LogP contribution in [0.4, 0.5) is 0 Å². The monoisotopic (exact) mass is 315 g/mol. The molecule has 0 spiro atoms. The van der Waals surface area contributed by atoms with Gasteiger partial charge in [-0.25, -0.2) is 0 Å². The Morgan fingerprint density at radius 3 is 2.71 bits per heavy atom. The Bertz CT molecular complexity index is 426. The van der Waals surface area contributed by atoms with E-state index in [2.05, 4.69) is 26.1 Å². The zero-order chi connectivity index (χ0) is 11.8. The van der Waals surface area contributed by atoms with Gasteiger partial charge in [0.25, 0.3) is 5.91 Å². The van der Waals surface area contributed by atoms with E-state index < -0.39 is 0 Å². The number of hydrogen-bond acceptors (Lipinski definition) is 3. The zero-order valence-corrected chi connectivity index (χ0v) is 11.9. The standard InChI is InChI=1S/C12H15BrN2OS/c13-11-2-1-10(17-11)12(16)14-9-7-15-5-3-8(9)4-6-15/h1-2,8-9H,3-7H2,(H,14,16)/t9-/m0/s1/i10+1. The molecule has 0 saturated carbocycles. The van der Waals surface area contributed by atoms with Gasteiger partial charge in [0.05, 0.1) is 8.66 Å². The molecule has 2 bridgehead atoms. The summed E-state index contributed by atoms with van der Waals surface area (Å²) in [5.41, 5.74) is 0. The molecule has 3 aliphatic rings. The third-order valence-electron chi connectivity index (χ3n) is 3.77. The van der Waals surface area contributed by atoms with Crippen molar-refractivity contribution in [3.8, 4) is 0 Å². The van der Waals surface area contributed by atoms with Gasteiger partial charge in [-0.15, -0.1) is 11.3 Å². The number of carbonyl (C=O) groups excluding carboxylic acids is 1. The highest BCUT2D eigenvalue weighted by atomic mass is 79.9. The van der Waals surface area contributed by atoms with Crippen molar-refractivity contribution in [3.05, 3.63) is 20.8 Å². The molecule has 3 fully saturated rings. The molecular formula is C12H15BrN2OS. The van der Waals surface area contributed by atoms with E-state index in [4.69, 9.17) is 0 Å². The number of thiophene rings is 1. The summed E-state index contributed by atoms with van der Waals surface area (Å²) in [5, 5.41) is 3.19. The van der Waals surface area contributed by atoms with E-state index in [0.29, 0.717) is 12.0 Å². The molecule has 4 rings (SSSR count). The van der Waals surface area contributed by atoms with Gasteiger partial charge in [-0.05, 0) is 59.9 Å². The number of carbonyl (C=O) groups is 1. The number of rotatable bonds is 2. The van der Waals surface area contributed by atoms with Crippen LogP contribution < -0.4 is 5.32 Å². The van der Waals surface area contributed by atoms with Crippen LogP contribution in [0.5, 0.6) is 0 Å². The Morgan fingerprint density at radius 1 is 1.41 bits per heavy atom. The highest BCUT2D eigenvalue weighted by molar-refractivity contribution is 9.11. The maximum atomic E-state index is 12.1. The Balaban J connectivity index is 1.65. The highest BCUT2D eigenvalue weighted by Crippen LogP contribution is 2.28. The minimum atomic E-state index is 0.0828. The minimum Gasteiger partial charge on any atom is -0.347 e. The van der Waals surface area contributed by atoms with Gasteiger partial charge in [0.1, 0.15) is 0 Å². The second-order valence-electron chi connectivity index (χ2n) is 4.82. The number of halogens is 1. The predicted molar refractivity (Wildman–Crippen MR) is 72.4 cm³/mol. The lowest BCUT2D eigenvalue weighted by atomic mass is 9.84. The molecule has 3 nitrogen and oxygen atoms in total. The normalized spacial score (nSPS) is 31.5. The van der Waals surface area contributed by atoms with E-state index in [1.165, 1.54) is 37.3 Å². The Kier molecular flexibility index (Phi) is 3.23. The molecule has 5 heteroatoms. The SMILES string of the molecule is O=C(N[C@H]1CN2CCC1CC2)[13c]1ccc(Br)s1. The number of nitrogens with zero attached hydrogens (tertiary/aromatic N) is 1. The second-order valence-corrected chi connectivity index (χ2v) is 7.28. The summed E-state index contributed by atoms with van der Waals surface area (Å²) in [4.78, 5) is 15.3. The number of nitrogens with one attached hydrogen (secondary N) is 1. The molecule has 0 unspecified atom stereocenters. The first-order valence-corrected chi connectivity index (χ1v) is 7.62. The van der Waals surface area contributed by atoms with E-state index >= 15 is 0 Å². The van der Waals surface area contributed by atoms with Crippen LogP contribution in [0, 0.1) is 5.92 Å². The summed E-state index contributed by atoms with van der Waals surface area (Å²) in [7, 11) is 0. The first kappa shape index (κ1) is 11.7. The summed E-state index contributed by atoms with van der Waals surface area (Å²) in [6.45, 7) is 3.45. The fourth-order valence-corrected chi connectivity index (χ4v) is 4.09. The minimum absolute atomic E-state index is 0.0828. The summed E-state index contributed by atoms with van der Waals surface area (Å²) < 4.78 is 1.01. The van der Waals surface area contributed by atoms with Crippen molar-refractivity contribution >= 4 is 33.2 Å². The fraction of sp³-hybridized carbons (Fsp3) is 0.583. The Morgan fingerprint density at radius 2 is 2.18 bits per heavy atom. The second kappa shape index (κ2) is 4.71. The van der Waals surface area contributed by atoms with Crippen molar-refractivity contribution in [1.82, 2.24) is 10.2 Å². The van der Waals surface area contributed by atoms with Crippen LogP contribution in [0.15, 0.2) is 15.9 Å². The van der Waals surface area contributed by atoms with Crippen molar-refractivity contribution in [1.29, 1.82) is 0 Å². The van der Waals surface area contributed by atoms with Gasteiger partial charge in [-0.1, -0.05) is 0 Å². The highest BCUT2D eigenvalue weighted by Gasteiger charge is 2.35. The van der Waals surface area contributed by atoms with Gasteiger partial charge in [0.15, 0.2) is 0 Å². The molecule has 0 aliphatic carbocycles. The lowest BCUT2D eigenvalue weighted by Crippen LogP contribution is -2.57. The summed E-state index contributed by atoms with van der Waals surface area (Å²) in [6, 6.07) is 4.16. The first-order valence-electron chi connectivity index (χ1n) is 6.01. The molecule has 3 aliphatic heterocycles. The van der Waals surface area contributed by atoms with Crippen molar-refractivity contribution < 1.29 is 4.79 Å². The van der Waals surface area contributed by atoms with Crippen LogP contribution in [0.3, 0.4) is 0 Å². The third kappa shape index (κ3) is 2.41. The van der Waals surface area contributed by atoms with Crippen LogP contribution in [0.1, 0.15) is 22.5 Å². The lowest BCUT2D eigenvalue weighted by Gasteiger charge is -2.44. The maximum absolute atomic E-state index is 12.1. The summed E-state index contributed by atoms with van der Waals surface area (Å²) >= 11 is 4.88. The van der Waals surface area contributed by atoms with E-state index in [-0.39, 0.29) is 5.91 Å². The van der Waals surface area contributed by atoms with Crippen LogP contribution in [-0.2, 0) is 0 Å². The predicted octanol–water partition coefficient (Wildman–Crippen LogP) is 2.33. The van der Waals surface area contributed by atoms with Gasteiger partial charge >= 0.3 is 0 Å². The molecule has 1 aromatic rings. The van der Waals surface area contributed by atoms with Crippen molar-refractivity contribution in [2.45, 2.75) is 18.9 Å². The molecule has 0 aromatic carbocycles. The molecular weight excluding hydrogens is 301 g/mol. The number of hydrogen-bond donors (Lipinski definition) is 1. The molecule has 1 atom stereocenters. The van der Waals surface area contributed by atoms with Gasteiger partial charge < -0.3 is 10.2 Å².